The minimum Gasteiger partial charge on any atom is -0.467 e. The molecule has 1 saturated heterocycles. The molecule has 2 atom stereocenters. The van der Waals surface area contributed by atoms with Crippen LogP contribution in [0.3, 0.4) is 0 Å². The van der Waals surface area contributed by atoms with Crippen molar-refractivity contribution in [3.8, 4) is 0 Å². The Morgan fingerprint density at radius 2 is 1.94 bits per heavy atom. The van der Waals surface area contributed by atoms with E-state index in [-0.39, 0.29) is 24.4 Å². The van der Waals surface area contributed by atoms with Gasteiger partial charge in [0.1, 0.15) is 17.3 Å². The lowest BCUT2D eigenvalue weighted by molar-refractivity contribution is -0.139. The predicted molar refractivity (Wildman–Crippen MR) is 116 cm³/mol. The molecule has 1 aromatic carbocycles. The fraction of sp³-hybridized carbons (Fsp3) is 0.273. The molecule has 2 aliphatic rings. The fourth-order valence-electron chi connectivity index (χ4n) is 3.84. The molecule has 1 aromatic heterocycles. The maximum atomic E-state index is 13.3. The van der Waals surface area contributed by atoms with Crippen molar-refractivity contribution >= 4 is 35.5 Å². The first-order valence-electron chi connectivity index (χ1n) is 10.2. The molecule has 0 aliphatic carbocycles. The van der Waals surface area contributed by atoms with Gasteiger partial charge in [-0.2, -0.15) is 0 Å². The summed E-state index contributed by atoms with van der Waals surface area (Å²) >= 11 is 5.94. The van der Waals surface area contributed by atoms with Crippen LogP contribution >= 0.6 is 11.6 Å². The van der Waals surface area contributed by atoms with Crippen LogP contribution in [-0.2, 0) is 19.9 Å². The van der Waals surface area contributed by atoms with Crippen molar-refractivity contribution in [3.63, 3.8) is 0 Å². The van der Waals surface area contributed by atoms with Crippen molar-refractivity contribution in [1.82, 2.24) is 20.9 Å². The van der Waals surface area contributed by atoms with Gasteiger partial charge in [0, 0.05) is 5.02 Å². The highest BCUT2D eigenvalue weighted by molar-refractivity contribution is 6.30. The SMILES string of the molecule is CCOC(=O)C1=C(CN2C(=O)NC(C)(c3ccc(Cl)cc3)C2=O)NC(=O)NC1c1ccco1. The van der Waals surface area contributed by atoms with E-state index < -0.39 is 35.5 Å². The van der Waals surface area contributed by atoms with Gasteiger partial charge >= 0.3 is 18.0 Å². The molecule has 3 heterocycles. The Balaban J connectivity index is 1.71. The van der Waals surface area contributed by atoms with Gasteiger partial charge in [-0.1, -0.05) is 23.7 Å². The molecule has 2 aliphatic heterocycles. The van der Waals surface area contributed by atoms with Crippen molar-refractivity contribution < 1.29 is 28.3 Å². The fourth-order valence-corrected chi connectivity index (χ4v) is 3.96. The van der Waals surface area contributed by atoms with Gasteiger partial charge in [-0.25, -0.2) is 14.4 Å². The molecule has 2 aromatic rings. The number of ether oxygens (including phenoxy) is 1. The van der Waals surface area contributed by atoms with Gasteiger partial charge in [-0.3, -0.25) is 9.69 Å². The number of rotatable bonds is 6. The summed E-state index contributed by atoms with van der Waals surface area (Å²) in [5.74, 6) is -0.963. The van der Waals surface area contributed by atoms with Gasteiger partial charge in [-0.05, 0) is 43.7 Å². The first-order valence-corrected chi connectivity index (χ1v) is 10.5. The number of hydrogen-bond donors (Lipinski definition) is 3. The Hall–Kier alpha value is -3.79. The smallest absolute Gasteiger partial charge is 0.338 e. The molecule has 2 unspecified atom stereocenters. The number of halogens is 1. The lowest BCUT2D eigenvalue weighted by Crippen LogP contribution is -2.49. The third-order valence-electron chi connectivity index (χ3n) is 5.49. The molecule has 3 N–H and O–H groups in total. The zero-order chi connectivity index (χ0) is 23.8. The number of imide groups is 1. The Bertz CT molecular complexity index is 1140. The normalized spacial score (nSPS) is 22.7. The van der Waals surface area contributed by atoms with Crippen molar-refractivity contribution in [3.05, 3.63) is 70.3 Å². The molecule has 4 rings (SSSR count). The number of hydrogen-bond acceptors (Lipinski definition) is 6. The van der Waals surface area contributed by atoms with Crippen LogP contribution in [0.5, 0.6) is 0 Å². The quantitative estimate of drug-likeness (QED) is 0.437. The monoisotopic (exact) mass is 472 g/mol. The number of benzene rings is 1. The standard InChI is InChI=1S/C22H21ClN4O6/c1-3-32-18(28)16-14(24-20(30)25-17(16)15-5-4-10-33-15)11-27-19(29)22(2,26-21(27)31)12-6-8-13(23)9-7-12/h4-10,17H,3,11H2,1-2H3,(H,26,31)(H2,24,25,30). The lowest BCUT2D eigenvalue weighted by atomic mass is 9.92. The molecule has 0 bridgehead atoms. The highest BCUT2D eigenvalue weighted by atomic mass is 35.5. The molecule has 33 heavy (non-hydrogen) atoms. The van der Waals surface area contributed by atoms with E-state index in [1.165, 1.54) is 6.26 Å². The van der Waals surface area contributed by atoms with E-state index in [9.17, 15) is 19.2 Å². The van der Waals surface area contributed by atoms with Crippen LogP contribution in [0.2, 0.25) is 5.02 Å². The summed E-state index contributed by atoms with van der Waals surface area (Å²) in [6.45, 7) is 2.95. The summed E-state index contributed by atoms with van der Waals surface area (Å²) in [4.78, 5) is 52.2. The summed E-state index contributed by atoms with van der Waals surface area (Å²) in [6, 6.07) is 7.49. The third-order valence-corrected chi connectivity index (χ3v) is 5.74. The largest absolute Gasteiger partial charge is 0.467 e. The van der Waals surface area contributed by atoms with Crippen LogP contribution in [0.4, 0.5) is 9.59 Å². The summed E-state index contributed by atoms with van der Waals surface area (Å²) < 4.78 is 10.6. The molecule has 1 fully saturated rings. The Labute approximate surface area is 193 Å². The second-order valence-electron chi connectivity index (χ2n) is 7.61. The minimum absolute atomic E-state index is 0.0343. The van der Waals surface area contributed by atoms with Gasteiger partial charge in [0.2, 0.25) is 0 Å². The van der Waals surface area contributed by atoms with E-state index in [4.69, 9.17) is 20.8 Å². The number of urea groups is 2. The first kappa shape index (κ1) is 22.4. The predicted octanol–water partition coefficient (Wildman–Crippen LogP) is 2.57. The lowest BCUT2D eigenvalue weighted by Gasteiger charge is -2.29. The molecule has 0 spiro atoms. The van der Waals surface area contributed by atoms with Gasteiger partial charge in [0.25, 0.3) is 5.91 Å². The van der Waals surface area contributed by atoms with Crippen molar-refractivity contribution in [2.75, 3.05) is 13.2 Å². The van der Waals surface area contributed by atoms with Gasteiger partial charge in [-0.15, -0.1) is 0 Å². The number of amides is 5. The number of nitrogens with one attached hydrogen (secondary N) is 3. The van der Waals surface area contributed by atoms with E-state index in [2.05, 4.69) is 16.0 Å². The highest BCUT2D eigenvalue weighted by Gasteiger charge is 2.50. The van der Waals surface area contributed by atoms with E-state index in [1.807, 2.05) is 0 Å². The third kappa shape index (κ3) is 4.05. The van der Waals surface area contributed by atoms with E-state index >= 15 is 0 Å². The number of esters is 1. The molecule has 0 saturated carbocycles. The molecule has 10 nitrogen and oxygen atoms in total. The van der Waals surface area contributed by atoms with Gasteiger partial charge in [0.15, 0.2) is 0 Å². The number of nitrogens with zero attached hydrogens (tertiary/aromatic N) is 1. The van der Waals surface area contributed by atoms with Crippen LogP contribution in [0.25, 0.3) is 0 Å². The van der Waals surface area contributed by atoms with Crippen LogP contribution < -0.4 is 16.0 Å². The number of carbonyl (C=O) groups is 4. The molecule has 11 heteroatoms. The summed E-state index contributed by atoms with van der Waals surface area (Å²) in [5.41, 5.74) is -0.714. The highest BCUT2D eigenvalue weighted by Crippen LogP contribution is 2.32. The van der Waals surface area contributed by atoms with E-state index in [0.717, 1.165) is 4.90 Å². The Kier molecular flexibility index (Phi) is 5.86. The molecular weight excluding hydrogens is 452 g/mol. The number of carbonyl (C=O) groups excluding carboxylic acids is 4. The maximum absolute atomic E-state index is 13.3. The van der Waals surface area contributed by atoms with Crippen LogP contribution in [-0.4, -0.2) is 42.0 Å². The molecular formula is C22H21ClN4O6. The minimum atomic E-state index is -1.34. The second kappa shape index (κ2) is 8.62. The van der Waals surface area contributed by atoms with Crippen molar-refractivity contribution in [2.45, 2.75) is 25.4 Å². The molecule has 5 amide bonds. The van der Waals surface area contributed by atoms with Crippen molar-refractivity contribution in [1.29, 1.82) is 0 Å². The number of furan rings is 1. The van der Waals surface area contributed by atoms with Crippen LogP contribution in [0.15, 0.2) is 58.3 Å². The summed E-state index contributed by atoms with van der Waals surface area (Å²) in [6.07, 6.45) is 1.40. The van der Waals surface area contributed by atoms with Crippen molar-refractivity contribution in [2.24, 2.45) is 0 Å². The topological polar surface area (TPSA) is 130 Å². The second-order valence-corrected chi connectivity index (χ2v) is 8.05. The molecule has 0 radical (unpaired) electrons. The van der Waals surface area contributed by atoms with E-state index in [1.54, 1.807) is 50.2 Å². The van der Waals surface area contributed by atoms with E-state index in [0.29, 0.717) is 16.3 Å². The summed E-state index contributed by atoms with van der Waals surface area (Å²) in [7, 11) is 0. The Morgan fingerprint density at radius 3 is 2.58 bits per heavy atom. The van der Waals surface area contributed by atoms with Gasteiger partial charge in [0.05, 0.1) is 30.7 Å². The zero-order valence-electron chi connectivity index (χ0n) is 17.8. The average Bonchev–Trinajstić information content (AvgIpc) is 3.38. The average molecular weight is 473 g/mol. The van der Waals surface area contributed by atoms with Gasteiger partial charge < -0.3 is 25.1 Å². The zero-order valence-corrected chi connectivity index (χ0v) is 18.6. The van der Waals surface area contributed by atoms with Crippen LogP contribution in [0, 0.1) is 0 Å². The first-order chi connectivity index (χ1) is 15.7. The van der Waals surface area contributed by atoms with Crippen LogP contribution in [0.1, 0.15) is 31.2 Å². The maximum Gasteiger partial charge on any atom is 0.338 e. The molecule has 172 valence electrons. The Morgan fingerprint density at radius 1 is 1.21 bits per heavy atom. The summed E-state index contributed by atoms with van der Waals surface area (Å²) in [5, 5.41) is 8.32.